The molecule has 0 saturated carbocycles. The van der Waals surface area contributed by atoms with Gasteiger partial charge < -0.3 is 14.6 Å². The summed E-state index contributed by atoms with van der Waals surface area (Å²) in [7, 11) is 2.87. The van der Waals surface area contributed by atoms with Crippen LogP contribution in [0.15, 0.2) is 52.3 Å². The highest BCUT2D eigenvalue weighted by Gasteiger charge is 2.15. The van der Waals surface area contributed by atoms with E-state index < -0.39 is 11.9 Å². The smallest absolute Gasteiger partial charge is 0.338 e. The van der Waals surface area contributed by atoms with E-state index in [1.165, 1.54) is 18.9 Å². The van der Waals surface area contributed by atoms with Crippen molar-refractivity contribution in [2.45, 2.75) is 16.2 Å². The first-order valence-electron chi connectivity index (χ1n) is 6.78. The van der Waals surface area contributed by atoms with Crippen LogP contribution in [0.2, 0.25) is 0 Å². The molecule has 1 N–H and O–H groups in total. The maximum Gasteiger partial charge on any atom is 0.338 e. The molecule has 0 aliphatic rings. The van der Waals surface area contributed by atoms with Crippen molar-refractivity contribution in [3.05, 3.63) is 53.6 Å². The Morgan fingerprint density at radius 3 is 2.26 bits per heavy atom. The van der Waals surface area contributed by atoms with Crippen molar-refractivity contribution in [2.24, 2.45) is 0 Å². The van der Waals surface area contributed by atoms with E-state index >= 15 is 0 Å². The molecule has 0 amide bonds. The van der Waals surface area contributed by atoms with Gasteiger partial charge in [0, 0.05) is 9.79 Å². The van der Waals surface area contributed by atoms with Gasteiger partial charge in [-0.15, -0.1) is 0 Å². The molecule has 23 heavy (non-hydrogen) atoms. The average Bonchev–Trinajstić information content (AvgIpc) is 2.54. The Kier molecular flexibility index (Phi) is 5.65. The lowest BCUT2D eigenvalue weighted by Crippen LogP contribution is -2.09. The number of ether oxygens (including phenoxy) is 2. The Hall–Kier alpha value is -2.47. The topological polar surface area (TPSA) is 72.8 Å². The molecule has 0 radical (unpaired) electrons. The van der Waals surface area contributed by atoms with Gasteiger partial charge in [0.05, 0.1) is 26.2 Å². The number of hydrogen-bond donors (Lipinski definition) is 1. The van der Waals surface area contributed by atoms with Gasteiger partial charge in [0.2, 0.25) is 0 Å². The van der Waals surface area contributed by atoms with Crippen molar-refractivity contribution in [3.63, 3.8) is 0 Å². The van der Waals surface area contributed by atoms with Crippen LogP contribution in [0.1, 0.15) is 15.9 Å². The van der Waals surface area contributed by atoms with E-state index in [1.807, 2.05) is 24.3 Å². The number of hydrogen-bond acceptors (Lipinski definition) is 5. The summed E-state index contributed by atoms with van der Waals surface area (Å²) in [5.41, 5.74) is 0.705. The van der Waals surface area contributed by atoms with Crippen molar-refractivity contribution in [2.75, 3.05) is 14.2 Å². The first kappa shape index (κ1) is 16.9. The quantitative estimate of drug-likeness (QED) is 0.819. The van der Waals surface area contributed by atoms with Crippen molar-refractivity contribution >= 4 is 23.7 Å². The second-order valence-corrected chi connectivity index (χ2v) is 5.81. The van der Waals surface area contributed by atoms with Gasteiger partial charge in [-0.3, -0.25) is 4.79 Å². The van der Waals surface area contributed by atoms with E-state index in [9.17, 15) is 9.59 Å². The molecule has 2 rings (SSSR count). The van der Waals surface area contributed by atoms with Gasteiger partial charge in [-0.1, -0.05) is 11.8 Å². The number of benzene rings is 2. The molecule has 0 spiro atoms. The second-order valence-electron chi connectivity index (χ2n) is 4.66. The van der Waals surface area contributed by atoms with Crippen LogP contribution in [0.5, 0.6) is 5.75 Å². The maximum atomic E-state index is 11.7. The number of aliphatic carboxylic acids is 1. The molecule has 0 bridgehead atoms. The lowest BCUT2D eigenvalue weighted by atomic mass is 10.0. The zero-order valence-corrected chi connectivity index (χ0v) is 13.6. The predicted octanol–water partition coefficient (Wildman–Crippen LogP) is 3.26. The Bertz CT molecular complexity index is 709. The van der Waals surface area contributed by atoms with Gasteiger partial charge in [-0.2, -0.15) is 0 Å². The number of carboxylic acid groups (broad SMARTS) is 1. The van der Waals surface area contributed by atoms with E-state index in [2.05, 4.69) is 4.74 Å². The van der Waals surface area contributed by atoms with E-state index in [0.717, 1.165) is 15.5 Å². The van der Waals surface area contributed by atoms with Crippen LogP contribution in [-0.2, 0) is 16.0 Å². The number of carbonyl (C=O) groups excluding carboxylic acids is 1. The first-order valence-corrected chi connectivity index (χ1v) is 7.60. The summed E-state index contributed by atoms with van der Waals surface area (Å²) < 4.78 is 9.80. The maximum absolute atomic E-state index is 11.7. The van der Waals surface area contributed by atoms with Crippen LogP contribution < -0.4 is 4.74 Å². The number of methoxy groups -OCH3 is 2. The Labute approximate surface area is 138 Å². The molecule has 0 aliphatic heterocycles. The summed E-state index contributed by atoms with van der Waals surface area (Å²) in [6.07, 6.45) is -0.235. The highest BCUT2D eigenvalue weighted by molar-refractivity contribution is 7.99. The number of carboxylic acids is 1. The number of esters is 1. The summed E-state index contributed by atoms with van der Waals surface area (Å²) in [6.45, 7) is 0. The minimum atomic E-state index is -0.998. The highest BCUT2D eigenvalue weighted by atomic mass is 32.2. The SMILES string of the molecule is COC(=O)c1ccc(Sc2ccc(OC)cc2)cc1CC(=O)O. The molecular weight excluding hydrogens is 316 g/mol. The molecule has 6 heteroatoms. The molecule has 0 atom stereocenters. The first-order chi connectivity index (χ1) is 11.0. The molecule has 0 fully saturated rings. The summed E-state index contributed by atoms with van der Waals surface area (Å²) in [5.74, 6) is -0.772. The normalized spacial score (nSPS) is 10.2. The van der Waals surface area contributed by atoms with Crippen LogP contribution in [0.25, 0.3) is 0 Å². The highest BCUT2D eigenvalue weighted by Crippen LogP contribution is 2.30. The molecule has 2 aromatic carbocycles. The molecule has 2 aromatic rings. The van der Waals surface area contributed by atoms with Crippen LogP contribution in [0.4, 0.5) is 0 Å². The lowest BCUT2D eigenvalue weighted by molar-refractivity contribution is -0.136. The van der Waals surface area contributed by atoms with Crippen LogP contribution in [-0.4, -0.2) is 31.3 Å². The third-order valence-electron chi connectivity index (χ3n) is 3.12. The van der Waals surface area contributed by atoms with Crippen LogP contribution in [0, 0.1) is 0 Å². The summed E-state index contributed by atoms with van der Waals surface area (Å²) in [5, 5.41) is 9.01. The van der Waals surface area contributed by atoms with Gasteiger partial charge in [-0.05, 0) is 48.0 Å². The van der Waals surface area contributed by atoms with Gasteiger partial charge in [-0.25, -0.2) is 4.79 Å². The minimum absolute atomic E-state index is 0.235. The molecule has 120 valence electrons. The van der Waals surface area contributed by atoms with Gasteiger partial charge in [0.1, 0.15) is 5.75 Å². The fraction of sp³-hybridized carbons (Fsp3) is 0.176. The zero-order valence-electron chi connectivity index (χ0n) is 12.7. The minimum Gasteiger partial charge on any atom is -0.497 e. The summed E-state index contributed by atoms with van der Waals surface area (Å²) >= 11 is 1.48. The van der Waals surface area contributed by atoms with E-state index in [-0.39, 0.29) is 12.0 Å². The third-order valence-corrected chi connectivity index (χ3v) is 4.12. The van der Waals surface area contributed by atoms with Crippen molar-refractivity contribution < 1.29 is 24.2 Å². The number of rotatable bonds is 6. The molecule has 0 aromatic heterocycles. The molecule has 5 nitrogen and oxygen atoms in total. The number of carbonyl (C=O) groups is 2. The van der Waals surface area contributed by atoms with Gasteiger partial charge >= 0.3 is 11.9 Å². The fourth-order valence-electron chi connectivity index (χ4n) is 2.03. The Balaban J connectivity index is 2.28. The zero-order chi connectivity index (χ0) is 16.8. The van der Waals surface area contributed by atoms with E-state index in [4.69, 9.17) is 9.84 Å². The molecule has 0 unspecified atom stereocenters. The molecule has 0 heterocycles. The third kappa shape index (κ3) is 4.50. The van der Waals surface area contributed by atoms with Crippen LogP contribution in [0.3, 0.4) is 0 Å². The second kappa shape index (κ2) is 7.69. The fourth-order valence-corrected chi connectivity index (χ4v) is 2.91. The van der Waals surface area contributed by atoms with Crippen molar-refractivity contribution in [1.82, 2.24) is 0 Å². The van der Waals surface area contributed by atoms with Crippen molar-refractivity contribution in [3.8, 4) is 5.75 Å². The molecule has 0 aliphatic carbocycles. The standard InChI is InChI=1S/C17H16O5S/c1-21-12-3-5-13(6-4-12)23-14-7-8-15(17(20)22-2)11(9-14)10-16(18)19/h3-9H,10H2,1-2H3,(H,18,19). The molecule has 0 saturated heterocycles. The van der Waals surface area contributed by atoms with E-state index in [0.29, 0.717) is 5.56 Å². The summed E-state index contributed by atoms with van der Waals surface area (Å²) in [4.78, 5) is 24.5. The van der Waals surface area contributed by atoms with Crippen LogP contribution >= 0.6 is 11.8 Å². The lowest BCUT2D eigenvalue weighted by Gasteiger charge is -2.09. The molecular formula is C17H16O5S. The Morgan fingerprint density at radius 1 is 1.04 bits per heavy atom. The summed E-state index contributed by atoms with van der Waals surface area (Å²) in [6, 6.07) is 12.6. The van der Waals surface area contributed by atoms with Crippen molar-refractivity contribution in [1.29, 1.82) is 0 Å². The predicted molar refractivity (Wildman–Crippen MR) is 86.2 cm³/mol. The Morgan fingerprint density at radius 2 is 1.70 bits per heavy atom. The average molecular weight is 332 g/mol. The van der Waals surface area contributed by atoms with Gasteiger partial charge in [0.25, 0.3) is 0 Å². The largest absolute Gasteiger partial charge is 0.497 e. The van der Waals surface area contributed by atoms with E-state index in [1.54, 1.807) is 25.3 Å². The monoisotopic (exact) mass is 332 g/mol. The van der Waals surface area contributed by atoms with Gasteiger partial charge in [0.15, 0.2) is 0 Å².